The molecule has 19 heavy (non-hydrogen) atoms. The third-order valence-electron chi connectivity index (χ3n) is 3.30. The molecule has 0 saturated carbocycles. The van der Waals surface area contributed by atoms with E-state index in [-0.39, 0.29) is 0 Å². The highest BCUT2D eigenvalue weighted by atomic mass is 35.6. The first-order valence-corrected chi connectivity index (χ1v) is 7.34. The number of hydrogen-bond donors (Lipinski definition) is 1. The number of nitrogens with zero attached hydrogens (tertiary/aromatic N) is 1. The molecule has 0 radical (unpaired) electrons. The fourth-order valence-corrected chi connectivity index (χ4v) is 2.63. The molecule has 0 spiro atoms. The molecule has 6 heteroatoms. The highest BCUT2D eigenvalue weighted by molar-refractivity contribution is 6.76. The number of hydrogen-bond acceptors (Lipinski definition) is 1. The molecule has 0 atom stereocenters. The molecule has 1 aliphatic heterocycles. The quantitative estimate of drug-likeness (QED) is 0.815. The topological polar surface area (TPSA) is 24.8 Å². The molecule has 1 aromatic rings. The van der Waals surface area contributed by atoms with Crippen LogP contribution in [0.4, 0.5) is 0 Å². The van der Waals surface area contributed by atoms with Gasteiger partial charge >= 0.3 is 0 Å². The Labute approximate surface area is 128 Å². The van der Waals surface area contributed by atoms with Gasteiger partial charge in [0.05, 0.1) is 26.2 Å². The van der Waals surface area contributed by atoms with E-state index in [1.165, 1.54) is 10.5 Å². The monoisotopic (exact) mass is 321 g/mol. The summed E-state index contributed by atoms with van der Waals surface area (Å²) in [6.07, 6.45) is 0. The summed E-state index contributed by atoms with van der Waals surface area (Å²) in [6.45, 7) is 3.99. The molecular weight excluding hydrogens is 307 g/mol. The van der Waals surface area contributed by atoms with Crippen LogP contribution in [0.1, 0.15) is 5.56 Å². The van der Waals surface area contributed by atoms with E-state index in [9.17, 15) is 4.79 Å². The lowest BCUT2D eigenvalue weighted by Gasteiger charge is -2.33. The number of benzene rings is 1. The second kappa shape index (κ2) is 6.31. The Morgan fingerprint density at radius 1 is 1.16 bits per heavy atom. The summed E-state index contributed by atoms with van der Waals surface area (Å²) < 4.78 is -1.84. The van der Waals surface area contributed by atoms with Crippen molar-refractivity contribution in [3.05, 3.63) is 35.9 Å². The van der Waals surface area contributed by atoms with Crippen LogP contribution >= 0.6 is 34.8 Å². The van der Waals surface area contributed by atoms with Crippen LogP contribution in [0, 0.1) is 0 Å². The predicted molar refractivity (Wildman–Crippen MR) is 77.7 cm³/mol. The van der Waals surface area contributed by atoms with E-state index in [4.69, 9.17) is 34.8 Å². The zero-order chi connectivity index (χ0) is 13.9. The van der Waals surface area contributed by atoms with E-state index in [2.05, 4.69) is 12.1 Å². The fraction of sp³-hybridized carbons (Fsp3) is 0.462. The van der Waals surface area contributed by atoms with E-state index < -0.39 is 9.70 Å². The fourth-order valence-electron chi connectivity index (χ4n) is 2.27. The van der Waals surface area contributed by atoms with Crippen molar-refractivity contribution in [1.29, 1.82) is 0 Å². The predicted octanol–water partition coefficient (Wildman–Crippen LogP) is 1.28. The molecule has 2 rings (SSSR count). The van der Waals surface area contributed by atoms with Crippen molar-refractivity contribution in [2.45, 2.75) is 10.3 Å². The molecule has 1 saturated heterocycles. The first-order valence-electron chi connectivity index (χ1n) is 6.20. The smallest absolute Gasteiger partial charge is 0.275 e. The standard InChI is InChI=1S/C13H15Cl3N2O/c14-13(15,16)12(19)18-8-6-17(7-9-18)10-11-4-2-1-3-5-11/h1-5H,6-10H2/p+1. The van der Waals surface area contributed by atoms with Crippen molar-refractivity contribution < 1.29 is 9.69 Å². The van der Waals surface area contributed by atoms with Gasteiger partial charge in [0.25, 0.3) is 9.70 Å². The van der Waals surface area contributed by atoms with Gasteiger partial charge in [-0.3, -0.25) is 4.79 Å². The minimum absolute atomic E-state index is 0.420. The Morgan fingerprint density at radius 3 is 2.26 bits per heavy atom. The van der Waals surface area contributed by atoms with Crippen LogP contribution in [0.15, 0.2) is 30.3 Å². The van der Waals surface area contributed by atoms with Crippen molar-refractivity contribution in [2.75, 3.05) is 26.2 Å². The molecule has 0 aliphatic carbocycles. The van der Waals surface area contributed by atoms with Crippen LogP contribution in [-0.2, 0) is 11.3 Å². The van der Waals surface area contributed by atoms with Gasteiger partial charge in [0, 0.05) is 5.56 Å². The summed E-state index contributed by atoms with van der Waals surface area (Å²) >= 11 is 16.8. The molecule has 1 N–H and O–H groups in total. The van der Waals surface area contributed by atoms with Gasteiger partial charge in [0.2, 0.25) is 0 Å². The number of alkyl halides is 3. The second-order valence-electron chi connectivity index (χ2n) is 4.70. The van der Waals surface area contributed by atoms with E-state index in [0.29, 0.717) is 13.1 Å². The molecular formula is C13H16Cl3N2O+. The van der Waals surface area contributed by atoms with Gasteiger partial charge in [0.15, 0.2) is 0 Å². The molecule has 1 fully saturated rings. The van der Waals surface area contributed by atoms with Crippen LogP contribution in [-0.4, -0.2) is 40.8 Å². The highest BCUT2D eigenvalue weighted by Gasteiger charge is 2.37. The third kappa shape index (κ3) is 4.25. The number of piperazine rings is 1. The molecule has 0 unspecified atom stereocenters. The van der Waals surface area contributed by atoms with Gasteiger partial charge in [-0.25, -0.2) is 0 Å². The first-order chi connectivity index (χ1) is 8.97. The number of halogens is 3. The summed E-state index contributed by atoms with van der Waals surface area (Å²) in [6, 6.07) is 10.3. The molecule has 3 nitrogen and oxygen atoms in total. The van der Waals surface area contributed by atoms with Gasteiger partial charge in [-0.15, -0.1) is 0 Å². The van der Waals surface area contributed by atoms with E-state index in [0.717, 1.165) is 19.6 Å². The van der Waals surface area contributed by atoms with Crippen LogP contribution in [0.2, 0.25) is 0 Å². The first kappa shape index (κ1) is 14.9. The Morgan fingerprint density at radius 2 is 1.74 bits per heavy atom. The number of carbonyl (C=O) groups excluding carboxylic acids is 1. The summed E-state index contributed by atoms with van der Waals surface area (Å²) in [7, 11) is 0. The Kier molecular flexibility index (Phi) is 4.96. The van der Waals surface area contributed by atoms with E-state index in [1.807, 2.05) is 18.2 Å². The SMILES string of the molecule is O=C(N1CC[NH+](Cc2ccccc2)CC1)C(Cl)(Cl)Cl. The van der Waals surface area contributed by atoms with Crippen LogP contribution in [0.3, 0.4) is 0 Å². The molecule has 0 bridgehead atoms. The van der Waals surface area contributed by atoms with Gasteiger partial charge in [0.1, 0.15) is 6.54 Å². The van der Waals surface area contributed by atoms with Crippen molar-refractivity contribution in [2.24, 2.45) is 0 Å². The summed E-state index contributed by atoms with van der Waals surface area (Å²) in [5.74, 6) is -0.420. The largest absolute Gasteiger partial charge is 0.328 e. The number of quaternary nitrogens is 1. The lowest BCUT2D eigenvalue weighted by Crippen LogP contribution is -3.13. The summed E-state index contributed by atoms with van der Waals surface area (Å²) in [4.78, 5) is 14.9. The minimum atomic E-state index is -1.84. The lowest BCUT2D eigenvalue weighted by atomic mass is 10.2. The van der Waals surface area contributed by atoms with Gasteiger partial charge in [-0.1, -0.05) is 65.1 Å². The Balaban J connectivity index is 1.85. The minimum Gasteiger partial charge on any atom is -0.328 e. The average molecular weight is 323 g/mol. The van der Waals surface area contributed by atoms with Gasteiger partial charge < -0.3 is 9.80 Å². The van der Waals surface area contributed by atoms with Crippen molar-refractivity contribution in [1.82, 2.24) is 4.90 Å². The van der Waals surface area contributed by atoms with Crippen LogP contribution < -0.4 is 4.90 Å². The number of nitrogens with one attached hydrogen (secondary N) is 1. The molecule has 1 aliphatic rings. The molecule has 0 aromatic heterocycles. The third-order valence-corrected chi connectivity index (χ3v) is 3.78. The lowest BCUT2D eigenvalue weighted by molar-refractivity contribution is -0.917. The van der Waals surface area contributed by atoms with Crippen molar-refractivity contribution in [3.8, 4) is 0 Å². The van der Waals surface area contributed by atoms with Gasteiger partial charge in [-0.05, 0) is 0 Å². The molecule has 1 heterocycles. The molecule has 1 aromatic carbocycles. The normalized spacial score (nSPS) is 17.5. The van der Waals surface area contributed by atoms with Crippen molar-refractivity contribution in [3.63, 3.8) is 0 Å². The Hall–Kier alpha value is -0.480. The maximum absolute atomic E-state index is 11.8. The van der Waals surface area contributed by atoms with Crippen LogP contribution in [0.5, 0.6) is 0 Å². The van der Waals surface area contributed by atoms with E-state index in [1.54, 1.807) is 4.90 Å². The molecule has 104 valence electrons. The Bertz CT molecular complexity index is 425. The number of rotatable bonds is 2. The number of carbonyl (C=O) groups is 1. The maximum Gasteiger partial charge on any atom is 0.275 e. The van der Waals surface area contributed by atoms with Gasteiger partial charge in [-0.2, -0.15) is 0 Å². The average Bonchev–Trinajstić information content (AvgIpc) is 2.39. The highest BCUT2D eigenvalue weighted by Crippen LogP contribution is 2.28. The number of amides is 1. The summed E-state index contributed by atoms with van der Waals surface area (Å²) in [5, 5.41) is 0. The second-order valence-corrected chi connectivity index (χ2v) is 6.98. The van der Waals surface area contributed by atoms with E-state index >= 15 is 0 Å². The van der Waals surface area contributed by atoms with Crippen LogP contribution in [0.25, 0.3) is 0 Å². The zero-order valence-corrected chi connectivity index (χ0v) is 12.7. The maximum atomic E-state index is 11.8. The summed E-state index contributed by atoms with van der Waals surface area (Å²) in [5.41, 5.74) is 1.30. The molecule has 1 amide bonds. The van der Waals surface area contributed by atoms with Crippen molar-refractivity contribution >= 4 is 40.7 Å². The zero-order valence-electron chi connectivity index (χ0n) is 10.4.